The van der Waals surface area contributed by atoms with E-state index in [1.165, 1.54) is 17.4 Å². The molecule has 2 unspecified atom stereocenters. The van der Waals surface area contributed by atoms with Gasteiger partial charge in [0.1, 0.15) is 0 Å². The minimum atomic E-state index is 0.140. The summed E-state index contributed by atoms with van der Waals surface area (Å²) in [6.07, 6.45) is 4.05. The number of nitrogens with one attached hydrogen (secondary N) is 1. The molecule has 0 aliphatic heterocycles. The van der Waals surface area contributed by atoms with Crippen LogP contribution in [-0.2, 0) is 0 Å². The molecule has 1 aromatic heterocycles. The van der Waals surface area contributed by atoms with Gasteiger partial charge in [0.15, 0.2) is 0 Å². The maximum atomic E-state index is 5.83. The van der Waals surface area contributed by atoms with E-state index in [0.717, 1.165) is 11.9 Å². The van der Waals surface area contributed by atoms with Gasteiger partial charge in [-0.1, -0.05) is 52.0 Å². The van der Waals surface area contributed by atoms with Gasteiger partial charge in [-0.2, -0.15) is 0 Å². The molecule has 1 aromatic carbocycles. The number of nitrogens with zero attached hydrogens (tertiary/aromatic N) is 1. The van der Waals surface area contributed by atoms with Crippen molar-refractivity contribution in [1.29, 1.82) is 0 Å². The van der Waals surface area contributed by atoms with Crippen molar-refractivity contribution in [2.75, 3.05) is 0 Å². The van der Waals surface area contributed by atoms with Crippen molar-refractivity contribution in [3.05, 3.63) is 42.1 Å². The highest BCUT2D eigenvalue weighted by molar-refractivity contribution is 5.81. The van der Waals surface area contributed by atoms with Gasteiger partial charge in [0.2, 0.25) is 0 Å². The monoisotopic (exact) mass is 285 g/mol. The number of nitrogens with two attached hydrogens (primary N) is 1. The van der Waals surface area contributed by atoms with E-state index in [2.05, 4.69) is 62.4 Å². The van der Waals surface area contributed by atoms with Gasteiger partial charge in [-0.05, 0) is 35.8 Å². The predicted molar refractivity (Wildman–Crippen MR) is 89.7 cm³/mol. The Hall–Kier alpha value is -1.45. The minimum Gasteiger partial charge on any atom is -0.271 e. The fourth-order valence-electron chi connectivity index (χ4n) is 3.22. The number of hydrazine groups is 1. The molecule has 3 N–H and O–H groups in total. The van der Waals surface area contributed by atoms with Gasteiger partial charge >= 0.3 is 0 Å². The van der Waals surface area contributed by atoms with Crippen LogP contribution in [0.3, 0.4) is 0 Å². The van der Waals surface area contributed by atoms with E-state index in [9.17, 15) is 0 Å². The molecule has 2 aromatic rings. The third-order valence-electron chi connectivity index (χ3n) is 3.84. The zero-order valence-electron chi connectivity index (χ0n) is 13.6. The van der Waals surface area contributed by atoms with Gasteiger partial charge in [-0.15, -0.1) is 0 Å². The zero-order chi connectivity index (χ0) is 15.5. The van der Waals surface area contributed by atoms with Crippen molar-refractivity contribution < 1.29 is 0 Å². The van der Waals surface area contributed by atoms with Crippen LogP contribution in [0.25, 0.3) is 10.9 Å². The number of rotatable bonds is 5. The summed E-state index contributed by atoms with van der Waals surface area (Å²) in [6, 6.07) is 10.5. The molecule has 0 saturated carbocycles. The minimum absolute atomic E-state index is 0.140. The molecule has 0 amide bonds. The van der Waals surface area contributed by atoms with Gasteiger partial charge in [0.05, 0.1) is 5.52 Å². The molecule has 21 heavy (non-hydrogen) atoms. The Morgan fingerprint density at radius 1 is 1.19 bits per heavy atom. The number of benzene rings is 1. The summed E-state index contributed by atoms with van der Waals surface area (Å²) in [6.45, 7) is 9.16. The second-order valence-electron chi connectivity index (χ2n) is 7.25. The Balaban J connectivity index is 2.24. The second kappa shape index (κ2) is 6.54. The van der Waals surface area contributed by atoms with Crippen LogP contribution in [0, 0.1) is 11.3 Å². The van der Waals surface area contributed by atoms with Crippen LogP contribution in [0.4, 0.5) is 0 Å². The molecule has 1 heterocycles. The highest BCUT2D eigenvalue weighted by atomic mass is 15.2. The fourth-order valence-corrected chi connectivity index (χ4v) is 3.22. The topological polar surface area (TPSA) is 50.9 Å². The lowest BCUT2D eigenvalue weighted by Gasteiger charge is -2.27. The molecule has 0 saturated heterocycles. The predicted octanol–water partition coefficient (Wildman–Crippen LogP) is 4.20. The largest absolute Gasteiger partial charge is 0.271 e. The molecule has 0 bridgehead atoms. The van der Waals surface area contributed by atoms with E-state index in [4.69, 9.17) is 5.84 Å². The molecule has 114 valence electrons. The lowest BCUT2D eigenvalue weighted by Crippen LogP contribution is -2.30. The standard InChI is InChI=1S/C18H27N3/c1-13(12-18(2,3)4)11-16(21-19)15-9-5-7-14-8-6-10-20-17(14)15/h5-10,13,16,21H,11-12,19H2,1-4H3. The Bertz CT molecular complexity index is 581. The van der Waals surface area contributed by atoms with Crippen LogP contribution in [0.15, 0.2) is 36.5 Å². The number of para-hydroxylation sites is 1. The van der Waals surface area contributed by atoms with Crippen molar-refractivity contribution in [1.82, 2.24) is 10.4 Å². The maximum Gasteiger partial charge on any atom is 0.0750 e. The summed E-state index contributed by atoms with van der Waals surface area (Å²) >= 11 is 0. The van der Waals surface area contributed by atoms with E-state index in [-0.39, 0.29) is 6.04 Å². The molecule has 0 aliphatic carbocycles. The number of fused-ring (bicyclic) bond motifs is 1. The first-order valence-electron chi connectivity index (χ1n) is 7.70. The fraction of sp³-hybridized carbons (Fsp3) is 0.500. The smallest absolute Gasteiger partial charge is 0.0750 e. The summed E-state index contributed by atoms with van der Waals surface area (Å²) < 4.78 is 0. The van der Waals surface area contributed by atoms with E-state index < -0.39 is 0 Å². The lowest BCUT2D eigenvalue weighted by atomic mass is 9.82. The van der Waals surface area contributed by atoms with E-state index >= 15 is 0 Å². The Morgan fingerprint density at radius 3 is 2.57 bits per heavy atom. The lowest BCUT2D eigenvalue weighted by molar-refractivity contribution is 0.276. The van der Waals surface area contributed by atoms with Crippen LogP contribution in [0.2, 0.25) is 0 Å². The molecule has 0 spiro atoms. The molecular formula is C18H27N3. The Kier molecular flexibility index (Phi) is 4.96. The number of hydrogen-bond acceptors (Lipinski definition) is 3. The molecule has 3 nitrogen and oxygen atoms in total. The van der Waals surface area contributed by atoms with Crippen molar-refractivity contribution in [3.8, 4) is 0 Å². The summed E-state index contributed by atoms with van der Waals surface area (Å²) in [4.78, 5) is 4.54. The summed E-state index contributed by atoms with van der Waals surface area (Å²) in [7, 11) is 0. The maximum absolute atomic E-state index is 5.83. The van der Waals surface area contributed by atoms with Gasteiger partial charge in [-0.3, -0.25) is 16.3 Å². The van der Waals surface area contributed by atoms with Gasteiger partial charge < -0.3 is 0 Å². The molecule has 0 fully saturated rings. The SMILES string of the molecule is CC(CC(NN)c1cccc2cccnc12)CC(C)(C)C. The quantitative estimate of drug-likeness (QED) is 0.639. The van der Waals surface area contributed by atoms with Crippen LogP contribution in [-0.4, -0.2) is 4.98 Å². The number of aromatic nitrogens is 1. The first kappa shape index (κ1) is 15.9. The molecule has 3 heteroatoms. The first-order chi connectivity index (χ1) is 9.90. The molecule has 2 rings (SSSR count). The van der Waals surface area contributed by atoms with Crippen molar-refractivity contribution in [2.24, 2.45) is 17.2 Å². The van der Waals surface area contributed by atoms with Crippen LogP contribution in [0.1, 0.15) is 52.1 Å². The van der Waals surface area contributed by atoms with E-state index in [0.29, 0.717) is 11.3 Å². The second-order valence-corrected chi connectivity index (χ2v) is 7.25. The highest BCUT2D eigenvalue weighted by Crippen LogP contribution is 2.32. The Morgan fingerprint density at radius 2 is 1.90 bits per heavy atom. The van der Waals surface area contributed by atoms with Crippen molar-refractivity contribution >= 4 is 10.9 Å². The average Bonchev–Trinajstić information content (AvgIpc) is 2.42. The first-order valence-corrected chi connectivity index (χ1v) is 7.70. The van der Waals surface area contributed by atoms with Gasteiger partial charge in [-0.25, -0.2) is 0 Å². The zero-order valence-corrected chi connectivity index (χ0v) is 13.6. The van der Waals surface area contributed by atoms with Crippen LogP contribution >= 0.6 is 0 Å². The summed E-state index contributed by atoms with van der Waals surface area (Å²) in [5.41, 5.74) is 5.57. The third kappa shape index (κ3) is 4.26. The van der Waals surface area contributed by atoms with Crippen LogP contribution in [0.5, 0.6) is 0 Å². The normalized spacial score (nSPS) is 15.1. The summed E-state index contributed by atoms with van der Waals surface area (Å²) in [5, 5.41) is 1.17. The third-order valence-corrected chi connectivity index (χ3v) is 3.84. The van der Waals surface area contributed by atoms with Gasteiger partial charge in [0, 0.05) is 17.6 Å². The molecule has 2 atom stereocenters. The highest BCUT2D eigenvalue weighted by Gasteiger charge is 2.21. The van der Waals surface area contributed by atoms with Crippen LogP contribution < -0.4 is 11.3 Å². The van der Waals surface area contributed by atoms with E-state index in [1.54, 1.807) is 0 Å². The molecular weight excluding hydrogens is 258 g/mol. The number of hydrogen-bond donors (Lipinski definition) is 2. The van der Waals surface area contributed by atoms with Crippen molar-refractivity contribution in [3.63, 3.8) is 0 Å². The Labute approximate surface area is 127 Å². The number of pyridine rings is 1. The van der Waals surface area contributed by atoms with E-state index in [1.807, 2.05) is 12.3 Å². The summed E-state index contributed by atoms with van der Waals surface area (Å²) in [5.74, 6) is 6.43. The molecule has 0 radical (unpaired) electrons. The van der Waals surface area contributed by atoms with Gasteiger partial charge in [0.25, 0.3) is 0 Å². The molecule has 0 aliphatic rings. The average molecular weight is 285 g/mol. The van der Waals surface area contributed by atoms with Crippen molar-refractivity contribution in [2.45, 2.75) is 46.6 Å².